The first-order valence-electron chi connectivity index (χ1n) is 6.01. The lowest BCUT2D eigenvalue weighted by Gasteiger charge is -2.10. The molecule has 3 rings (SSSR count). The van der Waals surface area contributed by atoms with Gasteiger partial charge in [-0.05, 0) is 30.3 Å². The van der Waals surface area contributed by atoms with E-state index in [4.69, 9.17) is 5.73 Å². The van der Waals surface area contributed by atoms with Gasteiger partial charge in [0.05, 0.1) is 16.8 Å². The number of anilines is 1. The van der Waals surface area contributed by atoms with Gasteiger partial charge in [0.2, 0.25) is 5.95 Å². The van der Waals surface area contributed by atoms with Gasteiger partial charge in [-0.2, -0.15) is 13.2 Å². The highest BCUT2D eigenvalue weighted by Crippen LogP contribution is 2.33. The average molecular weight is 290 g/mol. The third-order valence-electron chi connectivity index (χ3n) is 2.95. The normalized spacial score (nSPS) is 11.8. The third-order valence-corrected chi connectivity index (χ3v) is 2.95. The lowest BCUT2D eigenvalue weighted by Crippen LogP contribution is -2.06. The van der Waals surface area contributed by atoms with E-state index in [2.05, 4.69) is 15.0 Å². The molecule has 0 unspecified atom stereocenters. The maximum atomic E-state index is 12.8. The Kier molecular flexibility index (Phi) is 2.97. The number of halogens is 3. The molecule has 106 valence electrons. The predicted octanol–water partition coefficient (Wildman–Crippen LogP) is 3.29. The molecular weight excluding hydrogens is 281 g/mol. The lowest BCUT2D eigenvalue weighted by atomic mass is 10.1. The van der Waals surface area contributed by atoms with Crippen molar-refractivity contribution in [2.75, 3.05) is 5.73 Å². The number of hydrogen-bond acceptors (Lipinski definition) is 4. The van der Waals surface area contributed by atoms with Gasteiger partial charge in [-0.25, -0.2) is 9.97 Å². The van der Waals surface area contributed by atoms with Gasteiger partial charge in [-0.15, -0.1) is 0 Å². The summed E-state index contributed by atoms with van der Waals surface area (Å²) in [6, 6.07) is 8.34. The first kappa shape index (κ1) is 13.3. The SMILES string of the molecule is Nc1nc(-c2ccccn2)c2cc(C(F)(F)F)ccc2n1. The second kappa shape index (κ2) is 4.69. The van der Waals surface area contributed by atoms with Gasteiger partial charge in [0.15, 0.2) is 0 Å². The molecule has 2 N–H and O–H groups in total. The summed E-state index contributed by atoms with van der Waals surface area (Å²) in [7, 11) is 0. The van der Waals surface area contributed by atoms with E-state index < -0.39 is 11.7 Å². The predicted molar refractivity (Wildman–Crippen MR) is 72.2 cm³/mol. The first-order valence-corrected chi connectivity index (χ1v) is 6.01. The highest BCUT2D eigenvalue weighted by Gasteiger charge is 2.31. The number of pyridine rings is 1. The van der Waals surface area contributed by atoms with Crippen LogP contribution in [0.4, 0.5) is 19.1 Å². The molecule has 1 aromatic carbocycles. The number of nitrogen functional groups attached to an aromatic ring is 1. The van der Waals surface area contributed by atoms with E-state index in [0.29, 0.717) is 11.2 Å². The number of aromatic nitrogens is 3. The van der Waals surface area contributed by atoms with Crippen LogP contribution >= 0.6 is 0 Å². The van der Waals surface area contributed by atoms with Crippen LogP contribution in [0.25, 0.3) is 22.3 Å². The second-order valence-corrected chi connectivity index (χ2v) is 4.38. The van der Waals surface area contributed by atoms with Gasteiger partial charge in [0.25, 0.3) is 0 Å². The number of rotatable bonds is 1. The highest BCUT2D eigenvalue weighted by molar-refractivity contribution is 5.92. The van der Waals surface area contributed by atoms with Crippen molar-refractivity contribution in [3.8, 4) is 11.4 Å². The van der Waals surface area contributed by atoms with Gasteiger partial charge in [0, 0.05) is 11.6 Å². The fourth-order valence-electron chi connectivity index (χ4n) is 2.02. The molecule has 0 saturated carbocycles. The zero-order chi connectivity index (χ0) is 15.0. The summed E-state index contributed by atoms with van der Waals surface area (Å²) in [5, 5.41) is 0.262. The summed E-state index contributed by atoms with van der Waals surface area (Å²) in [6.07, 6.45) is -2.90. The maximum absolute atomic E-state index is 12.8. The molecule has 0 radical (unpaired) electrons. The van der Waals surface area contributed by atoms with Crippen LogP contribution in [0.1, 0.15) is 5.56 Å². The van der Waals surface area contributed by atoms with Crippen molar-refractivity contribution in [3.63, 3.8) is 0 Å². The van der Waals surface area contributed by atoms with Crippen molar-refractivity contribution in [1.82, 2.24) is 15.0 Å². The minimum atomic E-state index is -4.43. The third kappa shape index (κ3) is 2.49. The molecule has 0 aliphatic carbocycles. The largest absolute Gasteiger partial charge is 0.416 e. The van der Waals surface area contributed by atoms with E-state index in [9.17, 15) is 13.2 Å². The Balaban J connectivity index is 2.32. The number of nitrogens with two attached hydrogens (primary N) is 1. The topological polar surface area (TPSA) is 64.7 Å². The summed E-state index contributed by atoms with van der Waals surface area (Å²) in [5.74, 6) is -0.0112. The van der Waals surface area contributed by atoms with Crippen molar-refractivity contribution in [1.29, 1.82) is 0 Å². The van der Waals surface area contributed by atoms with E-state index >= 15 is 0 Å². The molecular formula is C14H9F3N4. The summed E-state index contributed by atoms with van der Waals surface area (Å²) >= 11 is 0. The molecule has 0 saturated heterocycles. The van der Waals surface area contributed by atoms with Crippen molar-refractivity contribution in [3.05, 3.63) is 48.2 Å². The molecule has 21 heavy (non-hydrogen) atoms. The zero-order valence-electron chi connectivity index (χ0n) is 10.6. The maximum Gasteiger partial charge on any atom is 0.416 e. The lowest BCUT2D eigenvalue weighted by molar-refractivity contribution is -0.137. The fraction of sp³-hybridized carbons (Fsp3) is 0.0714. The molecule has 0 atom stereocenters. The summed E-state index contributed by atoms with van der Waals surface area (Å²) in [4.78, 5) is 12.1. The van der Waals surface area contributed by atoms with Gasteiger partial charge < -0.3 is 5.73 Å². The van der Waals surface area contributed by atoms with Crippen LogP contribution in [0.5, 0.6) is 0 Å². The monoisotopic (exact) mass is 290 g/mol. The molecule has 0 aliphatic heterocycles. The Labute approximate surface area is 117 Å². The molecule has 0 spiro atoms. The van der Waals surface area contributed by atoms with E-state index in [0.717, 1.165) is 12.1 Å². The molecule has 0 aliphatic rings. The van der Waals surface area contributed by atoms with Crippen molar-refractivity contribution in [2.24, 2.45) is 0 Å². The minimum absolute atomic E-state index is 0.0112. The van der Waals surface area contributed by atoms with Gasteiger partial charge in [-0.1, -0.05) is 6.07 Å². The smallest absolute Gasteiger partial charge is 0.368 e. The van der Waals surface area contributed by atoms with Crippen LogP contribution in [-0.4, -0.2) is 15.0 Å². The molecule has 3 aromatic rings. The summed E-state index contributed by atoms with van der Waals surface area (Å²) < 4.78 is 38.5. The minimum Gasteiger partial charge on any atom is -0.368 e. The van der Waals surface area contributed by atoms with Crippen LogP contribution in [-0.2, 0) is 6.18 Å². The van der Waals surface area contributed by atoms with Crippen LogP contribution in [0, 0.1) is 0 Å². The number of fused-ring (bicyclic) bond motifs is 1. The number of alkyl halides is 3. The van der Waals surface area contributed by atoms with Crippen molar-refractivity contribution < 1.29 is 13.2 Å². The van der Waals surface area contributed by atoms with E-state index in [1.54, 1.807) is 18.2 Å². The van der Waals surface area contributed by atoms with E-state index in [1.807, 2.05) is 0 Å². The highest BCUT2D eigenvalue weighted by atomic mass is 19.4. The van der Waals surface area contributed by atoms with Crippen molar-refractivity contribution >= 4 is 16.9 Å². The molecule has 7 heteroatoms. The second-order valence-electron chi connectivity index (χ2n) is 4.38. The molecule has 2 heterocycles. The van der Waals surface area contributed by atoms with Gasteiger partial charge in [0.1, 0.15) is 5.69 Å². The Morgan fingerprint density at radius 1 is 1.00 bits per heavy atom. The van der Waals surface area contributed by atoms with Crippen molar-refractivity contribution in [2.45, 2.75) is 6.18 Å². The summed E-state index contributed by atoms with van der Waals surface area (Å²) in [5.41, 5.74) is 5.92. The standard InChI is InChI=1S/C14H9F3N4/c15-14(16,17)8-4-5-10-9(7-8)12(21-13(18)20-10)11-3-1-2-6-19-11/h1-7H,(H2,18,20,21). The van der Waals surface area contributed by atoms with E-state index in [1.165, 1.54) is 12.3 Å². The molecule has 0 fully saturated rings. The van der Waals surface area contributed by atoms with Gasteiger partial charge in [-0.3, -0.25) is 4.98 Å². The van der Waals surface area contributed by atoms with E-state index in [-0.39, 0.29) is 17.0 Å². The number of hydrogen-bond donors (Lipinski definition) is 1. The summed E-state index contributed by atoms with van der Waals surface area (Å²) in [6.45, 7) is 0. The first-order chi connectivity index (χ1) is 9.95. The Hall–Kier alpha value is -2.70. The Morgan fingerprint density at radius 2 is 1.81 bits per heavy atom. The van der Waals surface area contributed by atoms with Crippen LogP contribution < -0.4 is 5.73 Å². The zero-order valence-corrected chi connectivity index (χ0v) is 10.6. The Morgan fingerprint density at radius 3 is 2.48 bits per heavy atom. The van der Waals surface area contributed by atoms with Gasteiger partial charge >= 0.3 is 6.18 Å². The van der Waals surface area contributed by atoms with Crippen LogP contribution in [0.15, 0.2) is 42.6 Å². The molecule has 0 bridgehead atoms. The Bertz CT molecular complexity index is 800. The molecule has 2 aromatic heterocycles. The average Bonchev–Trinajstić information content (AvgIpc) is 2.46. The molecule has 0 amide bonds. The quantitative estimate of drug-likeness (QED) is 0.747. The number of benzene rings is 1. The number of nitrogens with zero attached hydrogens (tertiary/aromatic N) is 3. The fourth-order valence-corrected chi connectivity index (χ4v) is 2.02. The molecule has 4 nitrogen and oxygen atoms in total. The van der Waals surface area contributed by atoms with Crippen LogP contribution in [0.3, 0.4) is 0 Å². The van der Waals surface area contributed by atoms with Crippen LogP contribution in [0.2, 0.25) is 0 Å².